The quantitative estimate of drug-likeness (QED) is 0.721. The molecule has 0 aliphatic heterocycles. The number of aryl methyl sites for hydroxylation is 1. The summed E-state index contributed by atoms with van der Waals surface area (Å²) in [6, 6.07) is 14.7. The number of carbonyl (C=O) groups is 1. The van der Waals surface area contributed by atoms with Crippen LogP contribution >= 0.6 is 11.3 Å². The second-order valence-electron chi connectivity index (χ2n) is 5.44. The van der Waals surface area contributed by atoms with Crippen LogP contribution in [0, 0.1) is 6.92 Å². The summed E-state index contributed by atoms with van der Waals surface area (Å²) in [5.74, 6) is 0.582. The Kier molecular flexibility index (Phi) is 4.82. The Morgan fingerprint density at radius 3 is 2.67 bits per heavy atom. The Morgan fingerprint density at radius 2 is 1.96 bits per heavy atom. The van der Waals surface area contributed by atoms with Crippen molar-refractivity contribution in [2.24, 2.45) is 0 Å². The van der Waals surface area contributed by atoms with Crippen LogP contribution in [0.25, 0.3) is 0 Å². The molecule has 3 N–H and O–H groups in total. The Labute approximate surface area is 144 Å². The Hall–Kier alpha value is -2.79. The van der Waals surface area contributed by atoms with Gasteiger partial charge in [-0.2, -0.15) is 0 Å². The number of rotatable bonds is 5. The van der Waals surface area contributed by atoms with Crippen molar-refractivity contribution >= 4 is 28.6 Å². The average Bonchev–Trinajstić information content (AvgIpc) is 3.01. The van der Waals surface area contributed by atoms with Crippen LogP contribution in [0.3, 0.4) is 0 Å². The maximum absolute atomic E-state index is 12.2. The molecule has 0 unspecified atom stereocenters. The van der Waals surface area contributed by atoms with Crippen LogP contribution in [-0.2, 0) is 6.61 Å². The second-order valence-corrected chi connectivity index (χ2v) is 6.19. The van der Waals surface area contributed by atoms with Crippen molar-refractivity contribution in [1.82, 2.24) is 0 Å². The first-order valence-electron chi connectivity index (χ1n) is 7.54. The van der Waals surface area contributed by atoms with Gasteiger partial charge < -0.3 is 15.8 Å². The minimum absolute atomic E-state index is 0.146. The van der Waals surface area contributed by atoms with Gasteiger partial charge >= 0.3 is 0 Å². The van der Waals surface area contributed by atoms with Gasteiger partial charge in [-0.1, -0.05) is 24.3 Å². The van der Waals surface area contributed by atoms with Crippen molar-refractivity contribution in [3.8, 4) is 5.75 Å². The Morgan fingerprint density at radius 1 is 1.17 bits per heavy atom. The van der Waals surface area contributed by atoms with E-state index in [4.69, 9.17) is 10.5 Å². The summed E-state index contributed by atoms with van der Waals surface area (Å²) in [5.41, 5.74) is 9.90. The van der Waals surface area contributed by atoms with Crippen LogP contribution in [0.4, 0.5) is 11.4 Å². The first kappa shape index (κ1) is 16.1. The van der Waals surface area contributed by atoms with Gasteiger partial charge in [0.05, 0.1) is 0 Å². The third-order valence-electron chi connectivity index (χ3n) is 3.64. The van der Waals surface area contributed by atoms with Gasteiger partial charge in [0.25, 0.3) is 5.91 Å². The van der Waals surface area contributed by atoms with Gasteiger partial charge in [0.1, 0.15) is 12.4 Å². The molecule has 1 aromatic heterocycles. The zero-order valence-electron chi connectivity index (χ0n) is 13.3. The van der Waals surface area contributed by atoms with Crippen LogP contribution in [0.5, 0.6) is 5.75 Å². The lowest BCUT2D eigenvalue weighted by Gasteiger charge is -2.12. The van der Waals surface area contributed by atoms with Crippen LogP contribution in [0.1, 0.15) is 21.5 Å². The van der Waals surface area contributed by atoms with Crippen molar-refractivity contribution < 1.29 is 9.53 Å². The number of ether oxygens (including phenoxy) is 1. The van der Waals surface area contributed by atoms with Crippen molar-refractivity contribution in [3.63, 3.8) is 0 Å². The molecule has 1 heterocycles. The van der Waals surface area contributed by atoms with E-state index in [1.807, 2.05) is 54.1 Å². The molecule has 4 nitrogen and oxygen atoms in total. The topological polar surface area (TPSA) is 64.3 Å². The molecule has 0 aliphatic carbocycles. The number of benzene rings is 2. The molecular formula is C19H18N2O2S. The molecule has 0 saturated heterocycles. The molecule has 0 aliphatic rings. The summed E-state index contributed by atoms with van der Waals surface area (Å²) in [4.78, 5) is 12.2. The Bertz CT molecular complexity index is 844. The fraction of sp³-hybridized carbons (Fsp3) is 0.105. The van der Waals surface area contributed by atoms with Gasteiger partial charge in [0.15, 0.2) is 0 Å². The van der Waals surface area contributed by atoms with Crippen molar-refractivity contribution in [2.75, 3.05) is 11.1 Å². The summed E-state index contributed by atoms with van der Waals surface area (Å²) in [6.45, 7) is 2.38. The van der Waals surface area contributed by atoms with E-state index in [2.05, 4.69) is 5.32 Å². The highest BCUT2D eigenvalue weighted by molar-refractivity contribution is 7.08. The maximum Gasteiger partial charge on any atom is 0.255 e. The average molecular weight is 338 g/mol. The van der Waals surface area contributed by atoms with Crippen molar-refractivity contribution in [1.29, 1.82) is 0 Å². The summed E-state index contributed by atoms with van der Waals surface area (Å²) in [5, 5.41) is 6.76. The minimum Gasteiger partial charge on any atom is -0.488 e. The van der Waals surface area contributed by atoms with Crippen LogP contribution in [0.15, 0.2) is 59.3 Å². The lowest BCUT2D eigenvalue weighted by atomic mass is 10.1. The molecular weight excluding hydrogens is 320 g/mol. The van der Waals surface area contributed by atoms with Crippen molar-refractivity contribution in [2.45, 2.75) is 13.5 Å². The second kappa shape index (κ2) is 7.19. The summed E-state index contributed by atoms with van der Waals surface area (Å²) < 4.78 is 5.87. The lowest BCUT2D eigenvalue weighted by molar-refractivity contribution is 0.102. The van der Waals surface area contributed by atoms with Gasteiger partial charge in [-0.05, 0) is 36.1 Å². The van der Waals surface area contributed by atoms with Crippen LogP contribution in [-0.4, -0.2) is 5.91 Å². The maximum atomic E-state index is 12.2. The number of hydrogen-bond donors (Lipinski definition) is 2. The highest BCUT2D eigenvalue weighted by atomic mass is 32.1. The van der Waals surface area contributed by atoms with Gasteiger partial charge in [-0.25, -0.2) is 0 Å². The number of thiophene rings is 1. The number of hydrogen-bond acceptors (Lipinski definition) is 4. The van der Waals surface area contributed by atoms with Gasteiger partial charge in [-0.15, -0.1) is 11.3 Å². The van der Waals surface area contributed by atoms with E-state index in [-0.39, 0.29) is 5.91 Å². The number of nitrogens with two attached hydrogens (primary N) is 1. The first-order chi connectivity index (χ1) is 11.6. The van der Waals surface area contributed by atoms with Gasteiger partial charge in [-0.3, -0.25) is 4.79 Å². The van der Waals surface area contributed by atoms with Crippen molar-refractivity contribution in [3.05, 3.63) is 76.0 Å². The summed E-state index contributed by atoms with van der Waals surface area (Å²) in [7, 11) is 0. The molecule has 24 heavy (non-hydrogen) atoms. The molecule has 0 saturated carbocycles. The van der Waals surface area contributed by atoms with E-state index in [0.29, 0.717) is 17.9 Å². The van der Waals surface area contributed by atoms with E-state index in [1.165, 1.54) is 0 Å². The van der Waals surface area contributed by atoms with Gasteiger partial charge in [0.2, 0.25) is 0 Å². The number of nitrogens with one attached hydrogen (secondary N) is 1. The highest BCUT2D eigenvalue weighted by Crippen LogP contribution is 2.26. The standard InChI is InChI=1S/C19H18N2O2S/c1-13-7-8-16(21-19(22)14-5-3-2-4-6-14)9-18(13)23-10-15-11-24-12-17(15)20/h2-9,11-12H,10,20H2,1H3,(H,21,22). The summed E-state index contributed by atoms with van der Waals surface area (Å²) >= 11 is 1.55. The molecule has 122 valence electrons. The molecule has 0 bridgehead atoms. The fourth-order valence-electron chi connectivity index (χ4n) is 2.23. The third-order valence-corrected chi connectivity index (χ3v) is 4.45. The van der Waals surface area contributed by atoms with E-state index >= 15 is 0 Å². The van der Waals surface area contributed by atoms with E-state index in [9.17, 15) is 4.79 Å². The predicted octanol–water partition coefficient (Wildman–Crippen LogP) is 4.47. The smallest absolute Gasteiger partial charge is 0.255 e. The summed E-state index contributed by atoms with van der Waals surface area (Å²) in [6.07, 6.45) is 0. The molecule has 5 heteroatoms. The molecule has 1 amide bonds. The van der Waals surface area contributed by atoms with E-state index in [1.54, 1.807) is 23.5 Å². The molecule has 3 rings (SSSR count). The highest BCUT2D eigenvalue weighted by Gasteiger charge is 2.08. The normalized spacial score (nSPS) is 10.4. The molecule has 2 aromatic carbocycles. The fourth-order valence-corrected chi connectivity index (χ4v) is 2.97. The molecule has 0 radical (unpaired) electrons. The SMILES string of the molecule is Cc1ccc(NC(=O)c2ccccc2)cc1OCc1cscc1N. The minimum atomic E-state index is -0.146. The molecule has 0 spiro atoms. The Balaban J connectivity index is 1.71. The van der Waals surface area contributed by atoms with E-state index in [0.717, 1.165) is 22.6 Å². The number of amides is 1. The van der Waals surface area contributed by atoms with Crippen LogP contribution in [0.2, 0.25) is 0 Å². The molecule has 0 atom stereocenters. The zero-order valence-corrected chi connectivity index (χ0v) is 14.1. The number of carbonyl (C=O) groups excluding carboxylic acids is 1. The predicted molar refractivity (Wildman–Crippen MR) is 98.6 cm³/mol. The third kappa shape index (κ3) is 3.75. The zero-order chi connectivity index (χ0) is 16.9. The van der Waals surface area contributed by atoms with Crippen LogP contribution < -0.4 is 15.8 Å². The molecule has 0 fully saturated rings. The molecule has 3 aromatic rings. The lowest BCUT2D eigenvalue weighted by Crippen LogP contribution is -2.11. The number of anilines is 2. The monoisotopic (exact) mass is 338 g/mol. The van der Waals surface area contributed by atoms with Gasteiger partial charge in [0, 0.05) is 33.9 Å². The largest absolute Gasteiger partial charge is 0.488 e. The number of nitrogen functional groups attached to an aromatic ring is 1. The first-order valence-corrected chi connectivity index (χ1v) is 8.48. The van der Waals surface area contributed by atoms with E-state index < -0.39 is 0 Å².